The van der Waals surface area contributed by atoms with E-state index in [0.717, 1.165) is 42.7 Å². The van der Waals surface area contributed by atoms with Crippen LogP contribution >= 0.6 is 11.8 Å². The molecule has 7 heteroatoms. The van der Waals surface area contributed by atoms with Crippen molar-refractivity contribution in [1.82, 2.24) is 15.3 Å². The summed E-state index contributed by atoms with van der Waals surface area (Å²) in [4.78, 5) is 20.8. The van der Waals surface area contributed by atoms with E-state index in [1.807, 2.05) is 13.0 Å². The normalized spacial score (nSPS) is 15.8. The van der Waals surface area contributed by atoms with Crippen LogP contribution in [-0.2, 0) is 4.79 Å². The summed E-state index contributed by atoms with van der Waals surface area (Å²) in [6, 6.07) is 4.06. The van der Waals surface area contributed by atoms with Crippen LogP contribution in [0.25, 0.3) is 11.0 Å². The molecule has 0 atom stereocenters. The molecule has 0 aliphatic carbocycles. The number of thioether (sulfide) groups is 1. The molecule has 2 aromatic rings. The molecule has 0 saturated carbocycles. The van der Waals surface area contributed by atoms with E-state index in [1.165, 1.54) is 17.3 Å². The lowest BCUT2D eigenvalue weighted by atomic mass is 9.89. The van der Waals surface area contributed by atoms with Crippen LogP contribution in [-0.4, -0.2) is 36.1 Å². The van der Waals surface area contributed by atoms with Crippen LogP contribution in [0.3, 0.4) is 0 Å². The number of carbonyl (C=O) groups is 1. The molecule has 1 saturated heterocycles. The highest BCUT2D eigenvalue weighted by Gasteiger charge is 2.22. The van der Waals surface area contributed by atoms with Gasteiger partial charge in [-0.05, 0) is 55.8 Å². The first-order valence-electron chi connectivity index (χ1n) is 8.70. The van der Waals surface area contributed by atoms with Crippen molar-refractivity contribution in [3.05, 3.63) is 40.7 Å². The Morgan fingerprint density at radius 3 is 2.85 bits per heavy atom. The van der Waals surface area contributed by atoms with Crippen molar-refractivity contribution in [3.63, 3.8) is 0 Å². The smallest absolute Gasteiger partial charge is 0.264 e. The van der Waals surface area contributed by atoms with Gasteiger partial charge in [0.25, 0.3) is 5.91 Å². The number of hydrogen-bond acceptors (Lipinski definition) is 5. The predicted octanol–water partition coefficient (Wildman–Crippen LogP) is 3.76. The molecule has 1 aromatic heterocycles. The quantitative estimate of drug-likeness (QED) is 0.673. The summed E-state index contributed by atoms with van der Waals surface area (Å²) in [5.74, 6) is 1.39. The van der Waals surface area contributed by atoms with Crippen molar-refractivity contribution in [2.45, 2.75) is 25.7 Å². The van der Waals surface area contributed by atoms with Gasteiger partial charge in [0.1, 0.15) is 11.3 Å². The van der Waals surface area contributed by atoms with Gasteiger partial charge in [-0.3, -0.25) is 10.1 Å². The standard InChI is InChI=1S/C19H24N4O2S/c1-4-15(26-5-2)18(24)23-19-21-16-13(12-8-10-20-11-9-12)6-7-14(25-3)17(16)22-19/h4-7,12,20H,2,8-11H2,1,3H3,(H2,21,22,23,24)/b15-4-. The number of aromatic amines is 1. The number of methoxy groups -OCH3 is 1. The topological polar surface area (TPSA) is 79.0 Å². The van der Waals surface area contributed by atoms with E-state index >= 15 is 0 Å². The molecule has 1 fully saturated rings. The van der Waals surface area contributed by atoms with Crippen LogP contribution in [0, 0.1) is 0 Å². The van der Waals surface area contributed by atoms with Gasteiger partial charge in [0, 0.05) is 0 Å². The van der Waals surface area contributed by atoms with E-state index in [-0.39, 0.29) is 5.91 Å². The number of hydrogen-bond donors (Lipinski definition) is 3. The maximum Gasteiger partial charge on any atom is 0.264 e. The van der Waals surface area contributed by atoms with E-state index in [2.05, 4.69) is 33.2 Å². The van der Waals surface area contributed by atoms with Crippen molar-refractivity contribution in [3.8, 4) is 5.75 Å². The van der Waals surface area contributed by atoms with Crippen LogP contribution in [0.4, 0.5) is 5.95 Å². The lowest BCUT2D eigenvalue weighted by molar-refractivity contribution is -0.112. The number of ether oxygens (including phenoxy) is 1. The highest BCUT2D eigenvalue weighted by molar-refractivity contribution is 8.06. The summed E-state index contributed by atoms with van der Waals surface area (Å²) in [7, 11) is 1.64. The summed E-state index contributed by atoms with van der Waals surface area (Å²) in [5, 5.41) is 7.86. The number of benzene rings is 1. The van der Waals surface area contributed by atoms with Gasteiger partial charge >= 0.3 is 0 Å². The van der Waals surface area contributed by atoms with Crippen LogP contribution in [0.15, 0.2) is 35.1 Å². The first-order valence-corrected chi connectivity index (χ1v) is 9.58. The van der Waals surface area contributed by atoms with Crippen LogP contribution in [0.5, 0.6) is 5.75 Å². The summed E-state index contributed by atoms with van der Waals surface area (Å²) in [6.45, 7) is 7.50. The highest BCUT2D eigenvalue weighted by Crippen LogP contribution is 2.35. The Morgan fingerprint density at radius 1 is 1.42 bits per heavy atom. The molecule has 2 heterocycles. The molecule has 0 radical (unpaired) electrons. The number of imidazole rings is 1. The number of nitrogens with zero attached hydrogens (tertiary/aromatic N) is 1. The van der Waals surface area contributed by atoms with Gasteiger partial charge in [0.05, 0.1) is 17.5 Å². The van der Waals surface area contributed by atoms with Crippen LogP contribution in [0.1, 0.15) is 31.2 Å². The molecule has 1 amide bonds. The second-order valence-corrected chi connectivity index (χ2v) is 7.09. The SMILES string of the molecule is C=CS/C(=C\C)C(=O)Nc1nc2c(C3CCNCC3)ccc(OC)c2[nH]1. The number of rotatable bonds is 6. The molecular weight excluding hydrogens is 348 g/mol. The molecule has 3 N–H and O–H groups in total. The number of amides is 1. The van der Waals surface area contributed by atoms with E-state index in [1.54, 1.807) is 18.6 Å². The maximum absolute atomic E-state index is 12.4. The fourth-order valence-corrected chi connectivity index (χ4v) is 3.77. The van der Waals surface area contributed by atoms with E-state index in [9.17, 15) is 4.79 Å². The molecule has 1 aromatic carbocycles. The number of carbonyl (C=O) groups excluding carboxylic acids is 1. The molecule has 0 bridgehead atoms. The zero-order chi connectivity index (χ0) is 18.5. The zero-order valence-corrected chi connectivity index (χ0v) is 15.9. The van der Waals surface area contributed by atoms with Crippen molar-refractivity contribution >= 4 is 34.7 Å². The van der Waals surface area contributed by atoms with Gasteiger partial charge in [-0.25, -0.2) is 4.98 Å². The van der Waals surface area contributed by atoms with E-state index in [0.29, 0.717) is 16.8 Å². The van der Waals surface area contributed by atoms with E-state index < -0.39 is 0 Å². The van der Waals surface area contributed by atoms with Crippen molar-refractivity contribution < 1.29 is 9.53 Å². The van der Waals surface area contributed by atoms with Crippen molar-refractivity contribution in [2.24, 2.45) is 0 Å². The monoisotopic (exact) mass is 372 g/mol. The number of allylic oxidation sites excluding steroid dienone is 1. The van der Waals surface area contributed by atoms with Gasteiger partial charge < -0.3 is 15.0 Å². The Hall–Kier alpha value is -2.25. The fraction of sp³-hybridized carbons (Fsp3) is 0.368. The first-order chi connectivity index (χ1) is 12.7. The average molecular weight is 372 g/mol. The number of piperidine rings is 1. The number of fused-ring (bicyclic) bond motifs is 1. The Labute approximate surface area is 157 Å². The van der Waals surface area contributed by atoms with Crippen molar-refractivity contribution in [2.75, 3.05) is 25.5 Å². The minimum Gasteiger partial charge on any atom is -0.494 e. The van der Waals surface area contributed by atoms with E-state index in [4.69, 9.17) is 4.74 Å². The summed E-state index contributed by atoms with van der Waals surface area (Å²) in [6.07, 6.45) is 3.91. The molecule has 26 heavy (non-hydrogen) atoms. The lowest BCUT2D eigenvalue weighted by Gasteiger charge is -2.23. The lowest BCUT2D eigenvalue weighted by Crippen LogP contribution is -2.26. The molecule has 3 rings (SSSR count). The molecule has 138 valence electrons. The Morgan fingerprint density at radius 2 is 2.19 bits per heavy atom. The number of nitrogens with one attached hydrogen (secondary N) is 3. The number of aromatic nitrogens is 2. The second-order valence-electron chi connectivity index (χ2n) is 6.08. The average Bonchev–Trinajstić information content (AvgIpc) is 3.09. The molecule has 1 aliphatic rings. The summed E-state index contributed by atoms with van der Waals surface area (Å²) in [5.41, 5.74) is 2.88. The van der Waals surface area contributed by atoms with Gasteiger partial charge in [0.15, 0.2) is 0 Å². The Bertz CT molecular complexity index is 837. The number of H-pyrrole nitrogens is 1. The summed E-state index contributed by atoms with van der Waals surface area (Å²) < 4.78 is 5.47. The third-order valence-corrected chi connectivity index (χ3v) is 5.41. The van der Waals surface area contributed by atoms with Gasteiger partial charge in [-0.1, -0.05) is 30.5 Å². The maximum atomic E-state index is 12.4. The largest absolute Gasteiger partial charge is 0.494 e. The minimum atomic E-state index is -0.209. The minimum absolute atomic E-state index is 0.209. The van der Waals surface area contributed by atoms with Gasteiger partial charge in [-0.2, -0.15) is 0 Å². The third-order valence-electron chi connectivity index (χ3n) is 4.57. The second kappa shape index (κ2) is 8.42. The molecule has 0 unspecified atom stereocenters. The molecule has 6 nitrogen and oxygen atoms in total. The molecule has 1 aliphatic heterocycles. The summed E-state index contributed by atoms with van der Waals surface area (Å²) >= 11 is 1.28. The van der Waals surface area contributed by atoms with Gasteiger partial charge in [-0.15, -0.1) is 0 Å². The number of anilines is 1. The molecular formula is C19H24N4O2S. The highest BCUT2D eigenvalue weighted by atomic mass is 32.2. The predicted molar refractivity (Wildman–Crippen MR) is 108 cm³/mol. The molecule has 0 spiro atoms. The fourth-order valence-electron chi connectivity index (χ4n) is 3.29. The van der Waals surface area contributed by atoms with Crippen molar-refractivity contribution in [1.29, 1.82) is 0 Å². The Balaban J connectivity index is 1.95. The van der Waals surface area contributed by atoms with Gasteiger partial charge in [0.2, 0.25) is 5.95 Å². The van der Waals surface area contributed by atoms with Crippen LogP contribution in [0.2, 0.25) is 0 Å². The Kier molecular flexibility index (Phi) is 6.00. The zero-order valence-electron chi connectivity index (χ0n) is 15.1. The third kappa shape index (κ3) is 3.78. The van der Waals surface area contributed by atoms with Crippen LogP contribution < -0.4 is 15.4 Å². The first kappa shape index (κ1) is 18.5.